The van der Waals surface area contributed by atoms with Crippen molar-refractivity contribution >= 4 is 38.3 Å². The summed E-state index contributed by atoms with van der Waals surface area (Å²) in [6.07, 6.45) is 0. The number of anilines is 1. The van der Waals surface area contributed by atoms with Gasteiger partial charge in [-0.25, -0.2) is 9.97 Å². The molecule has 1 N–H and O–H groups in total. The molecule has 3 rings (SSSR count). The van der Waals surface area contributed by atoms with Crippen LogP contribution in [0, 0.1) is 0 Å². The Hall–Kier alpha value is -2.59. The lowest BCUT2D eigenvalue weighted by molar-refractivity contribution is -0.0429. The second-order valence-corrected chi connectivity index (χ2v) is 7.02. The molecule has 0 spiro atoms. The molecule has 0 atom stereocenters. The van der Waals surface area contributed by atoms with Crippen molar-refractivity contribution in [2.45, 2.75) is 5.51 Å². The molecule has 0 unspecified atom stereocenters. The highest BCUT2D eigenvalue weighted by molar-refractivity contribution is 7.93. The summed E-state index contributed by atoms with van der Waals surface area (Å²) in [5, 5.41) is 0.00514. The number of para-hydroxylation sites is 2. The Bertz CT molecular complexity index is 1060. The van der Waals surface area contributed by atoms with Gasteiger partial charge in [-0.1, -0.05) is 23.7 Å². The number of fused-ring (bicyclic) bond motifs is 1. The molecule has 0 saturated heterocycles. The average Bonchev–Trinajstić information content (AvgIpc) is 2.56. The van der Waals surface area contributed by atoms with Crippen molar-refractivity contribution < 1.29 is 26.3 Å². The standard InChI is InChI=1S/C15H9ClF3N3O3S/c16-13-14(21-12-4-2-1-3-11(12)20-13)25-10-7-5-9(6-8-10)22-26(23,24)15(17,18)19/h1-8,22H. The highest BCUT2D eigenvalue weighted by Crippen LogP contribution is 2.30. The fourth-order valence-corrected chi connectivity index (χ4v) is 2.68. The summed E-state index contributed by atoms with van der Waals surface area (Å²) in [5.74, 6) is 0.195. The summed E-state index contributed by atoms with van der Waals surface area (Å²) in [4.78, 5) is 8.33. The lowest BCUT2D eigenvalue weighted by Gasteiger charge is -2.11. The van der Waals surface area contributed by atoms with E-state index in [0.29, 0.717) is 11.0 Å². The van der Waals surface area contributed by atoms with Gasteiger partial charge in [0.2, 0.25) is 0 Å². The lowest BCUT2D eigenvalue weighted by atomic mass is 10.3. The Balaban J connectivity index is 1.81. The van der Waals surface area contributed by atoms with E-state index in [9.17, 15) is 21.6 Å². The van der Waals surface area contributed by atoms with Gasteiger partial charge >= 0.3 is 15.5 Å². The van der Waals surface area contributed by atoms with Gasteiger partial charge in [-0.2, -0.15) is 21.6 Å². The van der Waals surface area contributed by atoms with E-state index < -0.39 is 15.5 Å². The maximum Gasteiger partial charge on any atom is 0.516 e. The van der Waals surface area contributed by atoms with Crippen LogP contribution in [0.3, 0.4) is 0 Å². The summed E-state index contributed by atoms with van der Waals surface area (Å²) in [6, 6.07) is 11.7. The number of benzene rings is 2. The van der Waals surface area contributed by atoms with Crippen LogP contribution in [0.1, 0.15) is 0 Å². The number of sulfonamides is 1. The third-order valence-electron chi connectivity index (χ3n) is 3.12. The molecule has 0 saturated carbocycles. The predicted octanol–water partition coefficient (Wildman–Crippen LogP) is 4.34. The molecule has 6 nitrogen and oxygen atoms in total. The topological polar surface area (TPSA) is 81.2 Å². The van der Waals surface area contributed by atoms with E-state index >= 15 is 0 Å². The normalized spacial score (nSPS) is 12.2. The summed E-state index contributed by atoms with van der Waals surface area (Å²) >= 11 is 6.01. The predicted molar refractivity (Wildman–Crippen MR) is 89.7 cm³/mol. The number of ether oxygens (including phenoxy) is 1. The molecule has 3 aromatic rings. The number of hydrogen-bond donors (Lipinski definition) is 1. The SMILES string of the molecule is O=S(=O)(Nc1ccc(Oc2nc3ccccc3nc2Cl)cc1)C(F)(F)F. The molecular formula is C15H9ClF3N3O3S. The monoisotopic (exact) mass is 403 g/mol. The molecule has 11 heteroatoms. The molecule has 0 aliphatic carbocycles. The zero-order valence-corrected chi connectivity index (χ0v) is 14.2. The average molecular weight is 404 g/mol. The van der Waals surface area contributed by atoms with Gasteiger partial charge < -0.3 is 4.74 Å². The van der Waals surface area contributed by atoms with Gasteiger partial charge in [0.1, 0.15) is 5.75 Å². The Labute approximate surface area is 150 Å². The molecule has 1 heterocycles. The zero-order valence-electron chi connectivity index (χ0n) is 12.7. The van der Waals surface area contributed by atoms with Crippen molar-refractivity contribution in [1.82, 2.24) is 9.97 Å². The third kappa shape index (κ3) is 3.81. The van der Waals surface area contributed by atoms with Crippen molar-refractivity contribution in [1.29, 1.82) is 0 Å². The van der Waals surface area contributed by atoms with Gasteiger partial charge in [0.15, 0.2) is 5.15 Å². The van der Waals surface area contributed by atoms with Crippen LogP contribution in [-0.2, 0) is 10.0 Å². The highest BCUT2D eigenvalue weighted by Gasteiger charge is 2.46. The van der Waals surface area contributed by atoms with Crippen molar-refractivity contribution in [3.05, 3.63) is 53.7 Å². The summed E-state index contributed by atoms with van der Waals surface area (Å²) in [7, 11) is -5.49. The smallest absolute Gasteiger partial charge is 0.436 e. The first-order valence-corrected chi connectivity index (χ1v) is 8.81. The third-order valence-corrected chi connectivity index (χ3v) is 4.48. The minimum absolute atomic E-state index is 0.00514. The van der Waals surface area contributed by atoms with Gasteiger partial charge in [0.05, 0.1) is 11.0 Å². The highest BCUT2D eigenvalue weighted by atomic mass is 35.5. The molecule has 0 radical (unpaired) electrons. The summed E-state index contributed by atoms with van der Waals surface area (Å²) in [6.45, 7) is 0. The van der Waals surface area contributed by atoms with Crippen LogP contribution in [0.4, 0.5) is 18.9 Å². The molecule has 136 valence electrons. The molecule has 0 aliphatic heterocycles. The molecule has 1 aromatic heterocycles. The summed E-state index contributed by atoms with van der Waals surface area (Å²) in [5.41, 5.74) is -4.57. The number of halogens is 4. The number of nitrogens with one attached hydrogen (secondary N) is 1. The van der Waals surface area contributed by atoms with Crippen molar-refractivity contribution in [2.24, 2.45) is 0 Å². The molecule has 26 heavy (non-hydrogen) atoms. The fourth-order valence-electron chi connectivity index (χ4n) is 1.94. The quantitative estimate of drug-likeness (QED) is 0.701. The van der Waals surface area contributed by atoms with Crippen LogP contribution in [0.15, 0.2) is 48.5 Å². The van der Waals surface area contributed by atoms with E-state index in [4.69, 9.17) is 16.3 Å². The molecule has 0 fully saturated rings. The van der Waals surface area contributed by atoms with Crippen LogP contribution < -0.4 is 9.46 Å². The number of nitrogens with zero attached hydrogens (tertiary/aromatic N) is 2. The van der Waals surface area contributed by atoms with E-state index in [1.165, 1.54) is 16.9 Å². The van der Waals surface area contributed by atoms with Gasteiger partial charge in [0.25, 0.3) is 5.88 Å². The van der Waals surface area contributed by atoms with Crippen LogP contribution in [0.5, 0.6) is 11.6 Å². The van der Waals surface area contributed by atoms with E-state index in [-0.39, 0.29) is 22.5 Å². The van der Waals surface area contributed by atoms with Gasteiger partial charge in [0, 0.05) is 5.69 Å². The fraction of sp³-hybridized carbons (Fsp3) is 0.0667. The number of rotatable bonds is 4. The Morgan fingerprint density at radius 3 is 2.12 bits per heavy atom. The van der Waals surface area contributed by atoms with Crippen molar-refractivity contribution in [3.63, 3.8) is 0 Å². The zero-order chi connectivity index (χ0) is 18.9. The number of hydrogen-bond acceptors (Lipinski definition) is 5. The van der Waals surface area contributed by atoms with E-state index in [1.807, 2.05) is 0 Å². The summed E-state index contributed by atoms with van der Waals surface area (Å²) < 4.78 is 66.1. The molecular weight excluding hydrogens is 395 g/mol. The number of aromatic nitrogens is 2. The van der Waals surface area contributed by atoms with E-state index in [0.717, 1.165) is 12.1 Å². The minimum atomic E-state index is -5.49. The maximum atomic E-state index is 12.4. The Morgan fingerprint density at radius 1 is 0.962 bits per heavy atom. The lowest BCUT2D eigenvalue weighted by Crippen LogP contribution is -2.29. The largest absolute Gasteiger partial charge is 0.516 e. The molecule has 0 aliphatic rings. The first-order chi connectivity index (χ1) is 12.2. The van der Waals surface area contributed by atoms with Crippen LogP contribution in [0.25, 0.3) is 11.0 Å². The number of alkyl halides is 3. The van der Waals surface area contributed by atoms with Crippen molar-refractivity contribution in [3.8, 4) is 11.6 Å². The van der Waals surface area contributed by atoms with Crippen LogP contribution in [-0.4, -0.2) is 23.9 Å². The van der Waals surface area contributed by atoms with Crippen LogP contribution >= 0.6 is 11.6 Å². The van der Waals surface area contributed by atoms with E-state index in [2.05, 4.69) is 9.97 Å². The maximum absolute atomic E-state index is 12.4. The first kappa shape index (κ1) is 18.2. The molecule has 0 amide bonds. The van der Waals surface area contributed by atoms with Gasteiger partial charge in [-0.15, -0.1) is 0 Å². The first-order valence-electron chi connectivity index (χ1n) is 6.95. The van der Waals surface area contributed by atoms with Gasteiger partial charge in [-0.3, -0.25) is 4.72 Å². The van der Waals surface area contributed by atoms with Gasteiger partial charge in [-0.05, 0) is 36.4 Å². The Kier molecular flexibility index (Phi) is 4.63. The molecule has 0 bridgehead atoms. The minimum Gasteiger partial charge on any atom is -0.436 e. The molecule has 2 aromatic carbocycles. The second kappa shape index (κ2) is 6.61. The van der Waals surface area contributed by atoms with E-state index in [1.54, 1.807) is 24.3 Å². The van der Waals surface area contributed by atoms with Crippen molar-refractivity contribution in [2.75, 3.05) is 4.72 Å². The van der Waals surface area contributed by atoms with Crippen LogP contribution in [0.2, 0.25) is 5.15 Å². The second-order valence-electron chi connectivity index (χ2n) is 4.99. The Morgan fingerprint density at radius 2 is 1.54 bits per heavy atom.